The van der Waals surface area contributed by atoms with Gasteiger partial charge in [-0.2, -0.15) is 0 Å². The first-order chi connectivity index (χ1) is 8.58. The molecule has 100 valence electrons. The Labute approximate surface area is 110 Å². The van der Waals surface area contributed by atoms with E-state index in [0.29, 0.717) is 6.54 Å². The zero-order chi connectivity index (χ0) is 13.5. The molecule has 1 rings (SSSR count). The van der Waals surface area contributed by atoms with Crippen molar-refractivity contribution in [3.8, 4) is 0 Å². The topological polar surface area (TPSA) is 32.3 Å². The molecule has 0 fully saturated rings. The predicted molar refractivity (Wildman–Crippen MR) is 75.5 cm³/mol. The van der Waals surface area contributed by atoms with Crippen molar-refractivity contribution in [3.63, 3.8) is 0 Å². The minimum absolute atomic E-state index is 0.166. The number of carbonyl (C=O) groups excluding carboxylic acids is 1. The van der Waals surface area contributed by atoms with Gasteiger partial charge in [0.2, 0.25) is 5.91 Å². The molecule has 0 spiro atoms. The van der Waals surface area contributed by atoms with Gasteiger partial charge in [0.1, 0.15) is 0 Å². The van der Waals surface area contributed by atoms with E-state index in [1.54, 1.807) is 0 Å². The Hall–Kier alpha value is -1.35. The fraction of sp³-hybridized carbons (Fsp3) is 0.533. The number of nitrogens with zero attached hydrogens (tertiary/aromatic N) is 1. The molecule has 1 N–H and O–H groups in total. The smallest absolute Gasteiger partial charge is 0.236 e. The number of amides is 1. The number of hydrogen-bond donors (Lipinski definition) is 1. The van der Waals surface area contributed by atoms with Gasteiger partial charge in [-0.1, -0.05) is 29.8 Å². The maximum absolute atomic E-state index is 11.9. The minimum Gasteiger partial charge on any atom is -0.342 e. The van der Waals surface area contributed by atoms with Gasteiger partial charge in [-0.15, -0.1) is 0 Å². The largest absolute Gasteiger partial charge is 0.342 e. The third kappa shape index (κ3) is 4.15. The van der Waals surface area contributed by atoms with Crippen molar-refractivity contribution in [2.24, 2.45) is 0 Å². The second-order valence-electron chi connectivity index (χ2n) is 4.58. The second-order valence-corrected chi connectivity index (χ2v) is 4.58. The lowest BCUT2D eigenvalue weighted by molar-refractivity contribution is -0.129. The molecule has 0 aliphatic rings. The van der Waals surface area contributed by atoms with Crippen LogP contribution in [0.1, 0.15) is 37.9 Å². The van der Waals surface area contributed by atoms with E-state index in [2.05, 4.69) is 43.4 Å². The van der Waals surface area contributed by atoms with E-state index >= 15 is 0 Å². The molecule has 18 heavy (non-hydrogen) atoms. The molecule has 0 aromatic heterocycles. The summed E-state index contributed by atoms with van der Waals surface area (Å²) in [6.07, 6.45) is 0. The maximum atomic E-state index is 11.9. The Morgan fingerprint density at radius 2 is 1.78 bits per heavy atom. The number of nitrogens with one attached hydrogen (secondary N) is 1. The van der Waals surface area contributed by atoms with Crippen LogP contribution in [0, 0.1) is 6.92 Å². The molecule has 3 nitrogen and oxygen atoms in total. The zero-order valence-electron chi connectivity index (χ0n) is 11.9. The number of rotatable bonds is 6. The first-order valence-electron chi connectivity index (χ1n) is 6.66. The van der Waals surface area contributed by atoms with E-state index < -0.39 is 0 Å². The molecule has 0 bridgehead atoms. The molecule has 1 atom stereocenters. The highest BCUT2D eigenvalue weighted by atomic mass is 16.2. The molecular formula is C15H24N2O. The second kappa shape index (κ2) is 7.17. The molecule has 0 aliphatic carbocycles. The summed E-state index contributed by atoms with van der Waals surface area (Å²) < 4.78 is 0. The van der Waals surface area contributed by atoms with E-state index in [1.165, 1.54) is 11.1 Å². The third-order valence-electron chi connectivity index (χ3n) is 3.25. The van der Waals surface area contributed by atoms with Crippen molar-refractivity contribution in [1.82, 2.24) is 10.2 Å². The Morgan fingerprint density at radius 3 is 2.28 bits per heavy atom. The lowest BCUT2D eigenvalue weighted by Gasteiger charge is -2.21. The molecular weight excluding hydrogens is 224 g/mol. The average molecular weight is 248 g/mol. The monoisotopic (exact) mass is 248 g/mol. The lowest BCUT2D eigenvalue weighted by Crippen LogP contribution is -2.38. The summed E-state index contributed by atoms with van der Waals surface area (Å²) in [7, 11) is 0. The van der Waals surface area contributed by atoms with E-state index in [0.717, 1.165) is 13.1 Å². The molecule has 1 aromatic rings. The van der Waals surface area contributed by atoms with Crippen LogP contribution in [0.3, 0.4) is 0 Å². The van der Waals surface area contributed by atoms with Crippen LogP contribution in [0.2, 0.25) is 0 Å². The van der Waals surface area contributed by atoms with Crippen molar-refractivity contribution in [3.05, 3.63) is 35.4 Å². The third-order valence-corrected chi connectivity index (χ3v) is 3.25. The van der Waals surface area contributed by atoms with Crippen LogP contribution in [0.5, 0.6) is 0 Å². The zero-order valence-corrected chi connectivity index (χ0v) is 11.9. The van der Waals surface area contributed by atoms with Crippen molar-refractivity contribution >= 4 is 5.91 Å². The molecule has 3 heteroatoms. The van der Waals surface area contributed by atoms with Gasteiger partial charge in [-0.25, -0.2) is 0 Å². The normalized spacial score (nSPS) is 12.2. The molecule has 0 radical (unpaired) electrons. The first-order valence-corrected chi connectivity index (χ1v) is 6.66. The fourth-order valence-electron chi connectivity index (χ4n) is 1.90. The van der Waals surface area contributed by atoms with Crippen LogP contribution in [0.25, 0.3) is 0 Å². The van der Waals surface area contributed by atoms with Crippen LogP contribution < -0.4 is 5.32 Å². The number of aryl methyl sites for hydroxylation is 1. The molecule has 1 amide bonds. The Morgan fingerprint density at radius 1 is 1.22 bits per heavy atom. The van der Waals surface area contributed by atoms with Crippen molar-refractivity contribution in [2.75, 3.05) is 19.6 Å². The van der Waals surface area contributed by atoms with Gasteiger partial charge in [0, 0.05) is 19.1 Å². The Balaban J connectivity index is 2.48. The Bertz CT molecular complexity index is 369. The van der Waals surface area contributed by atoms with Crippen LogP contribution in [0.4, 0.5) is 0 Å². The van der Waals surface area contributed by atoms with E-state index in [4.69, 9.17) is 0 Å². The SMILES string of the molecule is CCN(CC)C(=O)CNC(C)c1ccc(C)cc1. The number of likely N-dealkylation sites (N-methyl/N-ethyl adjacent to an activating group) is 1. The highest BCUT2D eigenvalue weighted by Crippen LogP contribution is 2.12. The first kappa shape index (κ1) is 14.7. The summed E-state index contributed by atoms with van der Waals surface area (Å²) in [6.45, 7) is 10.1. The highest BCUT2D eigenvalue weighted by Gasteiger charge is 2.11. The van der Waals surface area contributed by atoms with Crippen molar-refractivity contribution in [2.45, 2.75) is 33.7 Å². The van der Waals surface area contributed by atoms with Crippen LogP contribution in [-0.4, -0.2) is 30.4 Å². The number of hydrogen-bond acceptors (Lipinski definition) is 2. The summed E-state index contributed by atoms with van der Waals surface area (Å²) in [5.41, 5.74) is 2.47. The molecule has 0 saturated carbocycles. The van der Waals surface area contributed by atoms with Gasteiger partial charge in [-0.05, 0) is 33.3 Å². The Kier molecular flexibility index (Phi) is 5.86. The minimum atomic E-state index is 0.166. The van der Waals surface area contributed by atoms with Crippen molar-refractivity contribution < 1.29 is 4.79 Å². The van der Waals surface area contributed by atoms with Crippen molar-refractivity contribution in [1.29, 1.82) is 0 Å². The van der Waals surface area contributed by atoms with Gasteiger partial charge < -0.3 is 10.2 Å². The van der Waals surface area contributed by atoms with E-state index in [1.807, 2.05) is 18.7 Å². The summed E-state index contributed by atoms with van der Waals surface area (Å²) in [5, 5.41) is 3.28. The van der Waals surface area contributed by atoms with E-state index in [-0.39, 0.29) is 11.9 Å². The molecule has 1 unspecified atom stereocenters. The number of benzene rings is 1. The quantitative estimate of drug-likeness (QED) is 0.839. The van der Waals surface area contributed by atoms with Crippen LogP contribution >= 0.6 is 0 Å². The maximum Gasteiger partial charge on any atom is 0.236 e. The van der Waals surface area contributed by atoms with Crippen LogP contribution in [0.15, 0.2) is 24.3 Å². The average Bonchev–Trinajstić information content (AvgIpc) is 2.38. The molecule has 0 aliphatic heterocycles. The summed E-state index contributed by atoms with van der Waals surface area (Å²) >= 11 is 0. The standard InChI is InChI=1S/C15H24N2O/c1-5-17(6-2)15(18)11-16-13(4)14-9-7-12(3)8-10-14/h7-10,13,16H,5-6,11H2,1-4H3. The van der Waals surface area contributed by atoms with Gasteiger partial charge in [0.15, 0.2) is 0 Å². The van der Waals surface area contributed by atoms with Gasteiger partial charge in [0.05, 0.1) is 6.54 Å². The van der Waals surface area contributed by atoms with Gasteiger partial charge in [-0.3, -0.25) is 4.79 Å². The molecule has 0 saturated heterocycles. The molecule has 0 heterocycles. The summed E-state index contributed by atoms with van der Waals surface area (Å²) in [4.78, 5) is 13.7. The van der Waals surface area contributed by atoms with E-state index in [9.17, 15) is 4.79 Å². The van der Waals surface area contributed by atoms with Gasteiger partial charge >= 0.3 is 0 Å². The van der Waals surface area contributed by atoms with Crippen LogP contribution in [-0.2, 0) is 4.79 Å². The van der Waals surface area contributed by atoms with Gasteiger partial charge in [0.25, 0.3) is 0 Å². The lowest BCUT2D eigenvalue weighted by atomic mass is 10.1. The fourth-order valence-corrected chi connectivity index (χ4v) is 1.90. The predicted octanol–water partition coefficient (Wildman–Crippen LogP) is 2.51. The highest BCUT2D eigenvalue weighted by molar-refractivity contribution is 5.78. The number of carbonyl (C=O) groups is 1. The summed E-state index contributed by atoms with van der Waals surface area (Å²) in [5.74, 6) is 0.166. The molecule has 1 aromatic carbocycles. The summed E-state index contributed by atoms with van der Waals surface area (Å²) in [6, 6.07) is 8.61.